The maximum Gasteiger partial charge on any atom is 0.214 e. The Kier molecular flexibility index (Phi) is 3.40. The van der Waals surface area contributed by atoms with Crippen molar-refractivity contribution in [3.8, 4) is 0 Å². The first-order chi connectivity index (χ1) is 6.65. The van der Waals surface area contributed by atoms with Gasteiger partial charge in [-0.25, -0.2) is 0 Å². The van der Waals surface area contributed by atoms with Crippen LogP contribution in [0, 0.1) is 10.1 Å². The topological polar surface area (TPSA) is 43.1 Å². The summed E-state index contributed by atoms with van der Waals surface area (Å²) >= 11 is 0. The fourth-order valence-corrected chi connectivity index (χ4v) is 1.31. The Morgan fingerprint density at radius 2 is 2.21 bits per heavy atom. The van der Waals surface area contributed by atoms with Gasteiger partial charge in [0, 0.05) is 18.3 Å². The Labute approximate surface area is 83.2 Å². The molecule has 0 heterocycles. The molecular formula is C11H13NO2. The SMILES string of the molecule is C=Cc1ccccc1CC(C)[N+](=O)[O-]. The van der Waals surface area contributed by atoms with Crippen LogP contribution in [0.1, 0.15) is 18.1 Å². The van der Waals surface area contributed by atoms with Crippen molar-refractivity contribution in [3.63, 3.8) is 0 Å². The van der Waals surface area contributed by atoms with Gasteiger partial charge in [0.2, 0.25) is 6.04 Å². The van der Waals surface area contributed by atoms with E-state index in [0.717, 1.165) is 11.1 Å². The van der Waals surface area contributed by atoms with Gasteiger partial charge in [0.05, 0.1) is 0 Å². The molecule has 0 radical (unpaired) electrons. The highest BCUT2D eigenvalue weighted by Gasteiger charge is 2.14. The molecule has 14 heavy (non-hydrogen) atoms. The summed E-state index contributed by atoms with van der Waals surface area (Å²) in [5, 5.41) is 10.5. The lowest BCUT2D eigenvalue weighted by Crippen LogP contribution is -2.18. The van der Waals surface area contributed by atoms with Gasteiger partial charge < -0.3 is 0 Å². The number of benzene rings is 1. The molecule has 0 aliphatic heterocycles. The van der Waals surface area contributed by atoms with Crippen LogP contribution in [0.15, 0.2) is 30.8 Å². The lowest BCUT2D eigenvalue weighted by molar-refractivity contribution is -0.517. The summed E-state index contributed by atoms with van der Waals surface area (Å²) in [4.78, 5) is 10.2. The third-order valence-electron chi connectivity index (χ3n) is 2.15. The molecule has 3 nitrogen and oxygen atoms in total. The van der Waals surface area contributed by atoms with Gasteiger partial charge in [0.1, 0.15) is 0 Å². The molecular weight excluding hydrogens is 178 g/mol. The predicted octanol–water partition coefficient (Wildman–Crippen LogP) is 2.54. The first kappa shape index (κ1) is 10.4. The molecule has 0 saturated heterocycles. The lowest BCUT2D eigenvalue weighted by Gasteiger charge is -2.06. The lowest BCUT2D eigenvalue weighted by atomic mass is 10.0. The molecule has 74 valence electrons. The minimum Gasteiger partial charge on any atom is -0.264 e. The van der Waals surface area contributed by atoms with E-state index < -0.39 is 6.04 Å². The second-order valence-corrected chi connectivity index (χ2v) is 3.24. The summed E-state index contributed by atoms with van der Waals surface area (Å²) in [7, 11) is 0. The van der Waals surface area contributed by atoms with E-state index in [1.165, 1.54) is 0 Å². The average molecular weight is 191 g/mol. The number of hydrogen-bond donors (Lipinski definition) is 0. The Morgan fingerprint density at radius 1 is 1.57 bits per heavy atom. The number of rotatable bonds is 4. The van der Waals surface area contributed by atoms with Crippen molar-refractivity contribution in [2.75, 3.05) is 0 Å². The maximum atomic E-state index is 10.5. The van der Waals surface area contributed by atoms with Crippen LogP contribution in [-0.4, -0.2) is 11.0 Å². The second kappa shape index (κ2) is 4.56. The van der Waals surface area contributed by atoms with Crippen molar-refractivity contribution >= 4 is 6.08 Å². The van der Waals surface area contributed by atoms with E-state index in [0.29, 0.717) is 6.42 Å². The molecule has 1 atom stereocenters. The molecule has 0 aromatic heterocycles. The fourth-order valence-electron chi connectivity index (χ4n) is 1.31. The van der Waals surface area contributed by atoms with Crippen molar-refractivity contribution in [2.24, 2.45) is 0 Å². The monoisotopic (exact) mass is 191 g/mol. The fraction of sp³-hybridized carbons (Fsp3) is 0.273. The highest BCUT2D eigenvalue weighted by atomic mass is 16.6. The van der Waals surface area contributed by atoms with Crippen molar-refractivity contribution in [2.45, 2.75) is 19.4 Å². The Bertz CT molecular complexity index is 347. The number of nitrogens with zero attached hydrogens (tertiary/aromatic N) is 1. The van der Waals surface area contributed by atoms with Gasteiger partial charge in [-0.05, 0) is 11.1 Å². The maximum absolute atomic E-state index is 10.5. The van der Waals surface area contributed by atoms with Gasteiger partial charge in [0.25, 0.3) is 0 Å². The largest absolute Gasteiger partial charge is 0.264 e. The molecule has 0 bridgehead atoms. The van der Waals surface area contributed by atoms with Crippen LogP contribution in [0.4, 0.5) is 0 Å². The molecule has 0 N–H and O–H groups in total. The summed E-state index contributed by atoms with van der Waals surface area (Å²) in [5.74, 6) is 0. The van der Waals surface area contributed by atoms with Crippen LogP contribution in [0.3, 0.4) is 0 Å². The van der Waals surface area contributed by atoms with Gasteiger partial charge in [-0.3, -0.25) is 10.1 Å². The number of nitro groups is 1. The molecule has 1 rings (SSSR count). The Balaban J connectivity index is 2.85. The summed E-state index contributed by atoms with van der Waals surface area (Å²) in [5.41, 5.74) is 1.95. The highest BCUT2D eigenvalue weighted by Crippen LogP contribution is 2.13. The van der Waals surface area contributed by atoms with E-state index in [-0.39, 0.29) is 4.92 Å². The van der Waals surface area contributed by atoms with Crippen LogP contribution < -0.4 is 0 Å². The minimum atomic E-state index is -0.545. The molecule has 1 aromatic rings. The first-order valence-corrected chi connectivity index (χ1v) is 4.49. The predicted molar refractivity (Wildman–Crippen MR) is 56.7 cm³/mol. The van der Waals surface area contributed by atoms with E-state index in [2.05, 4.69) is 6.58 Å². The average Bonchev–Trinajstić information content (AvgIpc) is 2.18. The standard InChI is InChI=1S/C11H13NO2/c1-3-10-6-4-5-7-11(10)8-9(2)12(13)14/h3-7,9H,1,8H2,2H3. The van der Waals surface area contributed by atoms with Gasteiger partial charge in [-0.1, -0.05) is 36.9 Å². The quantitative estimate of drug-likeness (QED) is 0.542. The summed E-state index contributed by atoms with van der Waals surface area (Å²) in [6, 6.07) is 7.05. The summed E-state index contributed by atoms with van der Waals surface area (Å²) in [6.07, 6.45) is 2.18. The van der Waals surface area contributed by atoms with Crippen molar-refractivity contribution < 1.29 is 4.92 Å². The van der Waals surface area contributed by atoms with E-state index in [1.807, 2.05) is 24.3 Å². The molecule has 0 aliphatic carbocycles. The zero-order chi connectivity index (χ0) is 10.6. The molecule has 1 aromatic carbocycles. The smallest absolute Gasteiger partial charge is 0.214 e. The summed E-state index contributed by atoms with van der Waals surface area (Å²) in [6.45, 7) is 5.28. The first-order valence-electron chi connectivity index (χ1n) is 4.49. The molecule has 3 heteroatoms. The molecule has 0 amide bonds. The minimum absolute atomic E-state index is 0.264. The Morgan fingerprint density at radius 3 is 2.79 bits per heavy atom. The van der Waals surface area contributed by atoms with Crippen LogP contribution in [0.2, 0.25) is 0 Å². The van der Waals surface area contributed by atoms with Gasteiger partial charge in [-0.2, -0.15) is 0 Å². The van der Waals surface area contributed by atoms with E-state index in [1.54, 1.807) is 13.0 Å². The third kappa shape index (κ3) is 2.42. The zero-order valence-corrected chi connectivity index (χ0v) is 8.14. The van der Waals surface area contributed by atoms with E-state index >= 15 is 0 Å². The zero-order valence-electron chi connectivity index (χ0n) is 8.14. The van der Waals surface area contributed by atoms with Gasteiger partial charge in [0.15, 0.2) is 0 Å². The second-order valence-electron chi connectivity index (χ2n) is 3.24. The summed E-state index contributed by atoms with van der Waals surface area (Å²) < 4.78 is 0. The van der Waals surface area contributed by atoms with Crippen LogP contribution >= 0.6 is 0 Å². The molecule has 0 spiro atoms. The Hall–Kier alpha value is -1.64. The van der Waals surface area contributed by atoms with E-state index in [9.17, 15) is 10.1 Å². The molecule has 1 unspecified atom stereocenters. The van der Waals surface area contributed by atoms with Gasteiger partial charge in [-0.15, -0.1) is 0 Å². The molecule has 0 fully saturated rings. The van der Waals surface area contributed by atoms with Crippen LogP contribution in [0.5, 0.6) is 0 Å². The van der Waals surface area contributed by atoms with Crippen molar-refractivity contribution in [1.29, 1.82) is 0 Å². The highest BCUT2D eigenvalue weighted by molar-refractivity contribution is 5.51. The van der Waals surface area contributed by atoms with Crippen molar-refractivity contribution in [3.05, 3.63) is 52.1 Å². The molecule has 0 saturated carbocycles. The normalized spacial score (nSPS) is 12.1. The van der Waals surface area contributed by atoms with Crippen molar-refractivity contribution in [1.82, 2.24) is 0 Å². The van der Waals surface area contributed by atoms with Crippen LogP contribution in [-0.2, 0) is 6.42 Å². The number of hydrogen-bond acceptors (Lipinski definition) is 2. The van der Waals surface area contributed by atoms with E-state index in [4.69, 9.17) is 0 Å². The third-order valence-corrected chi connectivity index (χ3v) is 2.15. The van der Waals surface area contributed by atoms with Gasteiger partial charge >= 0.3 is 0 Å². The van der Waals surface area contributed by atoms with Crippen LogP contribution in [0.25, 0.3) is 6.08 Å². The molecule has 0 aliphatic rings.